The smallest absolute Gasteiger partial charge is 0.338 e. The first-order valence-corrected chi connectivity index (χ1v) is 8.71. The monoisotopic (exact) mass is 370 g/mol. The van der Waals surface area contributed by atoms with E-state index in [9.17, 15) is 9.59 Å². The van der Waals surface area contributed by atoms with Crippen LogP contribution in [0, 0.1) is 5.92 Å². The first kappa shape index (κ1) is 18.8. The normalized spacial score (nSPS) is 12.6. The lowest BCUT2D eigenvalue weighted by Crippen LogP contribution is -2.12. The molecule has 1 aliphatic rings. The number of hydrogen-bond acceptors (Lipinski definition) is 6. The second-order valence-electron chi connectivity index (χ2n) is 6.66. The van der Waals surface area contributed by atoms with Gasteiger partial charge in [0.25, 0.3) is 0 Å². The number of carbonyl (C=O) groups excluding carboxylic acids is 2. The van der Waals surface area contributed by atoms with Crippen LogP contribution >= 0.6 is 0 Å². The van der Waals surface area contributed by atoms with E-state index < -0.39 is 0 Å². The van der Waals surface area contributed by atoms with Gasteiger partial charge in [0.1, 0.15) is 6.61 Å². The van der Waals surface area contributed by atoms with Crippen LogP contribution in [0.4, 0.5) is 0 Å². The molecular formula is C21H22O6. The van der Waals surface area contributed by atoms with Gasteiger partial charge in [0.15, 0.2) is 11.5 Å². The van der Waals surface area contributed by atoms with Gasteiger partial charge in [-0.05, 0) is 29.7 Å². The zero-order valence-corrected chi connectivity index (χ0v) is 15.8. The quantitative estimate of drug-likeness (QED) is 0.566. The van der Waals surface area contributed by atoms with E-state index in [1.54, 1.807) is 24.3 Å². The Hall–Kier alpha value is -3.02. The van der Waals surface area contributed by atoms with Crippen molar-refractivity contribution < 1.29 is 28.5 Å². The molecule has 0 aromatic heterocycles. The van der Waals surface area contributed by atoms with Crippen LogP contribution in [0.2, 0.25) is 0 Å². The third-order valence-electron chi connectivity index (χ3n) is 4.32. The van der Waals surface area contributed by atoms with E-state index in [0.717, 1.165) is 11.1 Å². The van der Waals surface area contributed by atoms with Gasteiger partial charge in [-0.1, -0.05) is 26.0 Å². The molecule has 0 N–H and O–H groups in total. The fourth-order valence-corrected chi connectivity index (χ4v) is 3.10. The molecule has 0 fully saturated rings. The van der Waals surface area contributed by atoms with Crippen molar-refractivity contribution in [2.24, 2.45) is 5.92 Å². The highest BCUT2D eigenvalue weighted by Gasteiger charge is 2.28. The Labute approximate surface area is 158 Å². The summed E-state index contributed by atoms with van der Waals surface area (Å²) in [6.45, 7) is 4.06. The van der Waals surface area contributed by atoms with E-state index in [4.69, 9.17) is 18.9 Å². The Bertz CT molecular complexity index is 884. The first-order valence-electron chi connectivity index (χ1n) is 8.71. The molecule has 1 heterocycles. The van der Waals surface area contributed by atoms with Gasteiger partial charge in [-0.3, -0.25) is 4.79 Å². The molecule has 0 aliphatic carbocycles. The third kappa shape index (κ3) is 3.60. The molecule has 6 heteroatoms. The summed E-state index contributed by atoms with van der Waals surface area (Å²) >= 11 is 0. The molecule has 27 heavy (non-hydrogen) atoms. The van der Waals surface area contributed by atoms with E-state index >= 15 is 0 Å². The van der Waals surface area contributed by atoms with Crippen LogP contribution in [0.3, 0.4) is 0 Å². The average Bonchev–Trinajstić information content (AvgIpc) is 3.02. The van der Waals surface area contributed by atoms with E-state index in [1.165, 1.54) is 14.2 Å². The van der Waals surface area contributed by atoms with Crippen molar-refractivity contribution >= 4 is 11.9 Å². The second kappa shape index (κ2) is 7.70. The number of cyclic esters (lactones) is 1. The van der Waals surface area contributed by atoms with E-state index in [2.05, 4.69) is 0 Å². The molecule has 0 bridgehead atoms. The summed E-state index contributed by atoms with van der Waals surface area (Å²) in [5, 5.41) is 0. The van der Waals surface area contributed by atoms with Crippen molar-refractivity contribution in [2.75, 3.05) is 14.2 Å². The summed E-state index contributed by atoms with van der Waals surface area (Å²) in [4.78, 5) is 24.3. The van der Waals surface area contributed by atoms with Crippen LogP contribution in [-0.2, 0) is 16.1 Å². The van der Waals surface area contributed by atoms with Gasteiger partial charge >= 0.3 is 11.9 Å². The number of rotatable bonds is 6. The van der Waals surface area contributed by atoms with Gasteiger partial charge in [-0.15, -0.1) is 0 Å². The third-order valence-corrected chi connectivity index (χ3v) is 4.32. The van der Waals surface area contributed by atoms with Gasteiger partial charge in [-0.2, -0.15) is 0 Å². The molecule has 2 aromatic rings. The molecule has 0 saturated carbocycles. The summed E-state index contributed by atoms with van der Waals surface area (Å²) in [7, 11) is 3.01. The Morgan fingerprint density at radius 1 is 1.04 bits per heavy atom. The van der Waals surface area contributed by atoms with Crippen molar-refractivity contribution in [2.45, 2.75) is 26.9 Å². The molecule has 0 saturated heterocycles. The SMILES string of the molecule is COc1ccc(-c2cccc3c2COC3=O)c(OC(=O)CC(C)C)c1OC. The molecule has 1 aliphatic heterocycles. The van der Waals surface area contributed by atoms with E-state index in [-0.39, 0.29) is 36.6 Å². The lowest BCUT2D eigenvalue weighted by molar-refractivity contribution is -0.135. The van der Waals surface area contributed by atoms with Gasteiger partial charge in [0.05, 0.1) is 19.8 Å². The number of fused-ring (bicyclic) bond motifs is 1. The van der Waals surface area contributed by atoms with Crippen LogP contribution in [0.25, 0.3) is 11.1 Å². The van der Waals surface area contributed by atoms with Crippen LogP contribution in [0.5, 0.6) is 17.2 Å². The van der Waals surface area contributed by atoms with Crippen molar-refractivity contribution in [3.8, 4) is 28.4 Å². The molecular weight excluding hydrogens is 348 g/mol. The predicted octanol–water partition coefficient (Wildman–Crippen LogP) is 3.99. The number of esters is 2. The maximum Gasteiger partial charge on any atom is 0.338 e. The Morgan fingerprint density at radius 3 is 2.44 bits per heavy atom. The maximum absolute atomic E-state index is 12.4. The minimum atomic E-state index is -0.363. The predicted molar refractivity (Wildman–Crippen MR) is 99.2 cm³/mol. The molecule has 6 nitrogen and oxygen atoms in total. The topological polar surface area (TPSA) is 71.1 Å². The minimum Gasteiger partial charge on any atom is -0.493 e. The second-order valence-corrected chi connectivity index (χ2v) is 6.66. The molecule has 2 aromatic carbocycles. The first-order chi connectivity index (χ1) is 13.0. The van der Waals surface area contributed by atoms with E-state index in [0.29, 0.717) is 22.6 Å². The number of methoxy groups -OCH3 is 2. The van der Waals surface area contributed by atoms with Crippen LogP contribution < -0.4 is 14.2 Å². The Morgan fingerprint density at radius 2 is 1.78 bits per heavy atom. The molecule has 0 radical (unpaired) electrons. The van der Waals surface area contributed by atoms with Crippen LogP contribution in [0.15, 0.2) is 30.3 Å². The van der Waals surface area contributed by atoms with E-state index in [1.807, 2.05) is 19.9 Å². The maximum atomic E-state index is 12.4. The molecule has 0 atom stereocenters. The fraction of sp³-hybridized carbons (Fsp3) is 0.333. The van der Waals surface area contributed by atoms with Gasteiger partial charge in [-0.25, -0.2) is 4.79 Å². The van der Waals surface area contributed by atoms with Crippen molar-refractivity contribution in [1.82, 2.24) is 0 Å². The lowest BCUT2D eigenvalue weighted by atomic mass is 9.95. The standard InChI is InChI=1S/C21H22O6/c1-12(2)10-18(22)27-19-14(8-9-17(24-3)20(19)25-4)13-6-5-7-15-16(13)11-26-21(15)23/h5-9,12H,10-11H2,1-4H3. The van der Waals surface area contributed by atoms with Crippen molar-refractivity contribution in [3.05, 3.63) is 41.5 Å². The highest BCUT2D eigenvalue weighted by atomic mass is 16.6. The summed E-state index contributed by atoms with van der Waals surface area (Å²) in [6, 6.07) is 8.89. The number of hydrogen-bond donors (Lipinski definition) is 0. The van der Waals surface area contributed by atoms with Crippen LogP contribution in [0.1, 0.15) is 36.2 Å². The Kier molecular flexibility index (Phi) is 5.35. The fourth-order valence-electron chi connectivity index (χ4n) is 3.10. The average molecular weight is 370 g/mol. The number of carbonyl (C=O) groups is 2. The molecule has 0 amide bonds. The number of ether oxygens (including phenoxy) is 4. The molecule has 0 spiro atoms. The zero-order chi connectivity index (χ0) is 19.6. The molecule has 142 valence electrons. The largest absolute Gasteiger partial charge is 0.493 e. The zero-order valence-electron chi connectivity index (χ0n) is 15.8. The highest BCUT2D eigenvalue weighted by molar-refractivity contribution is 5.97. The Balaban J connectivity index is 2.16. The minimum absolute atomic E-state index is 0.157. The summed E-state index contributed by atoms with van der Waals surface area (Å²) in [5.41, 5.74) is 2.67. The van der Waals surface area contributed by atoms with Gasteiger partial charge in [0.2, 0.25) is 5.75 Å². The highest BCUT2D eigenvalue weighted by Crippen LogP contribution is 2.46. The van der Waals surface area contributed by atoms with Crippen molar-refractivity contribution in [3.63, 3.8) is 0 Å². The van der Waals surface area contributed by atoms with Gasteiger partial charge in [0, 0.05) is 17.5 Å². The summed E-state index contributed by atoms with van der Waals surface area (Å²) in [6.07, 6.45) is 0.272. The van der Waals surface area contributed by atoms with Crippen LogP contribution in [-0.4, -0.2) is 26.2 Å². The summed E-state index contributed by atoms with van der Waals surface area (Å²) in [5.74, 6) is 0.492. The molecule has 0 unspecified atom stereocenters. The molecule has 3 rings (SSSR count). The number of benzene rings is 2. The summed E-state index contributed by atoms with van der Waals surface area (Å²) < 4.78 is 21.7. The van der Waals surface area contributed by atoms with Crippen molar-refractivity contribution in [1.29, 1.82) is 0 Å². The van der Waals surface area contributed by atoms with Gasteiger partial charge < -0.3 is 18.9 Å². The lowest BCUT2D eigenvalue weighted by Gasteiger charge is -2.18.